The molecule has 2 saturated heterocycles. The molecule has 1 aromatic carbocycles. The van der Waals surface area contributed by atoms with E-state index in [0.717, 1.165) is 11.1 Å². The van der Waals surface area contributed by atoms with Crippen LogP contribution in [-0.2, 0) is 25.4 Å². The lowest BCUT2D eigenvalue weighted by molar-refractivity contribution is -0.339. The number of ether oxygens (including phenoxy) is 3. The smallest absolute Gasteiger partial charge is 0.253 e. The predicted molar refractivity (Wildman–Crippen MR) is 118 cm³/mol. The van der Waals surface area contributed by atoms with Gasteiger partial charge in [-0.15, -0.1) is 6.58 Å². The molecule has 0 spiro atoms. The van der Waals surface area contributed by atoms with Gasteiger partial charge in [0.1, 0.15) is 24.4 Å². The summed E-state index contributed by atoms with van der Waals surface area (Å²) in [5, 5.41) is 59.9. The van der Waals surface area contributed by atoms with Crippen molar-refractivity contribution in [2.75, 3.05) is 13.2 Å². The first-order valence-corrected chi connectivity index (χ1v) is 11.5. The Labute approximate surface area is 201 Å². The number of benzene rings is 1. The van der Waals surface area contributed by atoms with Crippen molar-refractivity contribution in [3.8, 4) is 11.5 Å². The lowest BCUT2D eigenvalue weighted by Gasteiger charge is -2.48. The number of aliphatic hydroxyl groups is 4. The summed E-state index contributed by atoms with van der Waals surface area (Å²) in [7, 11) is 0. The van der Waals surface area contributed by atoms with E-state index in [1.54, 1.807) is 11.0 Å². The topological polar surface area (TPSA) is 169 Å². The van der Waals surface area contributed by atoms with Crippen LogP contribution in [-0.4, -0.2) is 91.6 Å². The molecule has 1 amide bonds. The van der Waals surface area contributed by atoms with Gasteiger partial charge in [0.2, 0.25) is 6.29 Å². The van der Waals surface area contributed by atoms with Crippen LogP contribution in [0, 0.1) is 11.8 Å². The first kappa shape index (κ1) is 24.0. The van der Waals surface area contributed by atoms with Crippen LogP contribution in [0.3, 0.4) is 0 Å². The van der Waals surface area contributed by atoms with Gasteiger partial charge in [-0.1, -0.05) is 6.08 Å². The Morgan fingerprint density at radius 1 is 1.11 bits per heavy atom. The van der Waals surface area contributed by atoms with E-state index in [1.807, 2.05) is 0 Å². The van der Waals surface area contributed by atoms with Gasteiger partial charge < -0.3 is 49.7 Å². The van der Waals surface area contributed by atoms with Crippen molar-refractivity contribution < 1.29 is 49.6 Å². The molecule has 2 fully saturated rings. The predicted octanol–water partition coefficient (Wildman–Crippen LogP) is -0.598. The standard InChI is InChI=1S/C24H29NO10/c1-2-11-13-6-15-12-7-17(28)16(27)5-10(12)3-4-25(15)22(32)14(13)9-33-23(11)35-24-21(31)20(30)19(29)18(8-26)34-24/h2,5,7,9,11,13,15,18-21,23-24,26-31H,1,3-4,6,8H2. The average molecular weight is 491 g/mol. The molecule has 35 heavy (non-hydrogen) atoms. The number of aromatic hydroxyl groups is 2. The molecule has 11 heteroatoms. The third-order valence-corrected chi connectivity index (χ3v) is 7.48. The molecule has 5 rings (SSSR count). The quantitative estimate of drug-likeness (QED) is 0.236. The molecule has 0 aromatic heterocycles. The molecule has 4 heterocycles. The minimum Gasteiger partial charge on any atom is -0.504 e. The zero-order valence-corrected chi connectivity index (χ0v) is 18.8. The van der Waals surface area contributed by atoms with E-state index in [-0.39, 0.29) is 29.4 Å². The molecule has 9 unspecified atom stereocenters. The number of piperidine rings is 1. The number of fused-ring (bicyclic) bond motifs is 4. The largest absolute Gasteiger partial charge is 0.504 e. The molecule has 11 nitrogen and oxygen atoms in total. The minimum absolute atomic E-state index is 0.206. The molecule has 4 aliphatic rings. The number of carbonyl (C=O) groups excluding carboxylic acids is 1. The maximum Gasteiger partial charge on any atom is 0.253 e. The normalized spacial score (nSPS) is 38.5. The Bertz CT molecular complexity index is 1040. The summed E-state index contributed by atoms with van der Waals surface area (Å²) in [6.07, 6.45) is -4.35. The van der Waals surface area contributed by atoms with Crippen molar-refractivity contribution in [1.29, 1.82) is 0 Å². The second kappa shape index (κ2) is 9.08. The Morgan fingerprint density at radius 2 is 1.86 bits per heavy atom. The van der Waals surface area contributed by atoms with Gasteiger partial charge in [0.25, 0.3) is 5.91 Å². The molecule has 0 bridgehead atoms. The number of aliphatic hydroxyl groups excluding tert-OH is 4. The number of phenols is 2. The van der Waals surface area contributed by atoms with Crippen molar-refractivity contribution in [3.05, 3.63) is 47.7 Å². The zero-order chi connectivity index (χ0) is 25.0. The first-order chi connectivity index (χ1) is 16.7. The van der Waals surface area contributed by atoms with Crippen LogP contribution in [0.4, 0.5) is 0 Å². The Kier molecular flexibility index (Phi) is 6.24. The van der Waals surface area contributed by atoms with Gasteiger partial charge in [0.15, 0.2) is 17.8 Å². The maximum absolute atomic E-state index is 13.4. The Morgan fingerprint density at radius 3 is 2.57 bits per heavy atom. The summed E-state index contributed by atoms with van der Waals surface area (Å²) in [5.41, 5.74) is 2.07. The summed E-state index contributed by atoms with van der Waals surface area (Å²) in [6, 6.07) is 2.68. The van der Waals surface area contributed by atoms with Gasteiger partial charge in [-0.25, -0.2) is 0 Å². The fraction of sp³-hybridized carbons (Fsp3) is 0.542. The fourth-order valence-electron chi connectivity index (χ4n) is 5.55. The third kappa shape index (κ3) is 3.88. The molecular weight excluding hydrogens is 462 g/mol. The molecule has 1 aromatic rings. The van der Waals surface area contributed by atoms with E-state index in [2.05, 4.69) is 6.58 Å². The van der Waals surface area contributed by atoms with Gasteiger partial charge >= 0.3 is 0 Å². The van der Waals surface area contributed by atoms with Crippen LogP contribution in [0.1, 0.15) is 23.6 Å². The highest BCUT2D eigenvalue weighted by atomic mass is 16.8. The summed E-state index contributed by atoms with van der Waals surface area (Å²) in [4.78, 5) is 15.1. The number of hydrogen-bond donors (Lipinski definition) is 6. The van der Waals surface area contributed by atoms with Gasteiger partial charge in [0.05, 0.1) is 24.5 Å². The molecule has 4 aliphatic heterocycles. The number of nitrogens with zero attached hydrogens (tertiary/aromatic N) is 1. The van der Waals surface area contributed by atoms with Crippen molar-refractivity contribution in [2.24, 2.45) is 11.8 Å². The molecule has 0 saturated carbocycles. The summed E-state index contributed by atoms with van der Waals surface area (Å²) >= 11 is 0. The summed E-state index contributed by atoms with van der Waals surface area (Å²) < 4.78 is 17.0. The van der Waals surface area contributed by atoms with Crippen molar-refractivity contribution in [3.63, 3.8) is 0 Å². The monoisotopic (exact) mass is 491 g/mol. The van der Waals surface area contributed by atoms with E-state index < -0.39 is 49.5 Å². The van der Waals surface area contributed by atoms with E-state index >= 15 is 0 Å². The average Bonchev–Trinajstić information content (AvgIpc) is 2.85. The van der Waals surface area contributed by atoms with Crippen molar-refractivity contribution >= 4 is 5.91 Å². The van der Waals surface area contributed by atoms with Crippen molar-refractivity contribution in [2.45, 2.75) is 55.9 Å². The number of phenolic OH excluding ortho intramolecular Hbond substituents is 2. The van der Waals surface area contributed by atoms with Gasteiger partial charge in [0, 0.05) is 18.4 Å². The van der Waals surface area contributed by atoms with E-state index in [1.165, 1.54) is 18.4 Å². The zero-order valence-electron chi connectivity index (χ0n) is 18.8. The second-order valence-electron chi connectivity index (χ2n) is 9.37. The number of carbonyl (C=O) groups is 1. The number of hydrogen-bond acceptors (Lipinski definition) is 10. The van der Waals surface area contributed by atoms with Crippen LogP contribution < -0.4 is 0 Å². The minimum atomic E-state index is -1.60. The van der Waals surface area contributed by atoms with Crippen LogP contribution in [0.2, 0.25) is 0 Å². The van der Waals surface area contributed by atoms with Gasteiger partial charge in [-0.05, 0) is 36.1 Å². The maximum atomic E-state index is 13.4. The highest BCUT2D eigenvalue weighted by molar-refractivity contribution is 5.95. The van der Waals surface area contributed by atoms with E-state index in [9.17, 15) is 35.4 Å². The van der Waals surface area contributed by atoms with Gasteiger partial charge in [-0.2, -0.15) is 0 Å². The van der Waals surface area contributed by atoms with Crippen LogP contribution >= 0.6 is 0 Å². The summed E-state index contributed by atoms with van der Waals surface area (Å²) in [5.74, 6) is -1.57. The van der Waals surface area contributed by atoms with Crippen LogP contribution in [0.25, 0.3) is 0 Å². The molecule has 190 valence electrons. The van der Waals surface area contributed by atoms with Crippen molar-refractivity contribution in [1.82, 2.24) is 4.90 Å². The second-order valence-corrected chi connectivity index (χ2v) is 9.37. The first-order valence-electron chi connectivity index (χ1n) is 11.5. The lowest BCUT2D eigenvalue weighted by atomic mass is 9.73. The van der Waals surface area contributed by atoms with Gasteiger partial charge in [-0.3, -0.25) is 4.79 Å². The van der Waals surface area contributed by atoms with Crippen LogP contribution in [0.15, 0.2) is 36.6 Å². The fourth-order valence-corrected chi connectivity index (χ4v) is 5.55. The molecular formula is C24H29NO10. The number of amides is 1. The Balaban J connectivity index is 1.41. The molecule has 9 atom stereocenters. The Hall–Kier alpha value is -2.67. The highest BCUT2D eigenvalue weighted by Crippen LogP contribution is 2.49. The molecule has 0 radical (unpaired) electrons. The lowest BCUT2D eigenvalue weighted by Crippen LogP contribution is -2.60. The third-order valence-electron chi connectivity index (χ3n) is 7.48. The van der Waals surface area contributed by atoms with Crippen LogP contribution in [0.5, 0.6) is 11.5 Å². The van der Waals surface area contributed by atoms with E-state index in [0.29, 0.717) is 25.0 Å². The molecule has 0 aliphatic carbocycles. The highest BCUT2D eigenvalue weighted by Gasteiger charge is 2.50. The SMILES string of the molecule is C=CC1C(OC2OC(CO)C(O)C(O)C2O)OC=C2C(=O)N3CCc4cc(O)c(O)cc4C3CC21. The summed E-state index contributed by atoms with van der Waals surface area (Å²) in [6.45, 7) is 3.73. The molecule has 6 N–H and O–H groups in total. The number of rotatable bonds is 4. The van der Waals surface area contributed by atoms with E-state index in [4.69, 9.17) is 14.2 Å².